The normalized spacial score (nSPS) is 12.7. The minimum Gasteiger partial charge on any atom is -0.383 e. The fourth-order valence-electron chi connectivity index (χ4n) is 1.55. The molecule has 0 unspecified atom stereocenters. The molecule has 0 spiro atoms. The Balaban J connectivity index is 2.38. The van der Waals surface area contributed by atoms with Gasteiger partial charge in [-0.15, -0.1) is 11.3 Å². The molecule has 1 N–H and O–H groups in total. The minimum absolute atomic E-state index is 0.540. The van der Waals surface area contributed by atoms with Crippen molar-refractivity contribution in [1.82, 2.24) is 0 Å². The summed E-state index contributed by atoms with van der Waals surface area (Å²) in [4.78, 5) is 0.959. The van der Waals surface area contributed by atoms with E-state index >= 15 is 0 Å². The van der Waals surface area contributed by atoms with E-state index in [2.05, 4.69) is 0 Å². The Morgan fingerprint density at radius 3 is 2.73 bits per heavy atom. The molecule has 0 saturated heterocycles. The standard InChI is InChI=1S/C12H11ClOS/c1-8-7-9(13)4-5-10(8)12(14)11-3-2-6-15-11/h2-7,12,14H,1H3/t12-/m1/s1. The molecule has 1 nitrogen and oxygen atoms in total. The lowest BCUT2D eigenvalue weighted by molar-refractivity contribution is 0.223. The highest BCUT2D eigenvalue weighted by Crippen LogP contribution is 2.29. The van der Waals surface area contributed by atoms with Crippen LogP contribution in [0.25, 0.3) is 0 Å². The van der Waals surface area contributed by atoms with Crippen LogP contribution in [0.1, 0.15) is 22.1 Å². The number of aryl methyl sites for hydroxylation is 1. The van der Waals surface area contributed by atoms with Gasteiger partial charge in [-0.2, -0.15) is 0 Å². The number of thiophene rings is 1. The van der Waals surface area contributed by atoms with Gasteiger partial charge >= 0.3 is 0 Å². The number of halogens is 1. The Morgan fingerprint density at radius 1 is 1.33 bits per heavy atom. The molecule has 3 heteroatoms. The van der Waals surface area contributed by atoms with E-state index in [0.29, 0.717) is 5.02 Å². The average Bonchev–Trinajstić information content (AvgIpc) is 2.69. The van der Waals surface area contributed by atoms with Gasteiger partial charge in [0.2, 0.25) is 0 Å². The second kappa shape index (κ2) is 4.35. The molecule has 1 atom stereocenters. The molecule has 0 aliphatic rings. The molecule has 0 radical (unpaired) electrons. The molecule has 1 aromatic heterocycles. The van der Waals surface area contributed by atoms with Crippen molar-refractivity contribution in [3.63, 3.8) is 0 Å². The van der Waals surface area contributed by atoms with Crippen LogP contribution >= 0.6 is 22.9 Å². The lowest BCUT2D eigenvalue weighted by atomic mass is 10.0. The SMILES string of the molecule is Cc1cc(Cl)ccc1[C@@H](O)c1cccs1. The van der Waals surface area contributed by atoms with Crippen LogP contribution in [0.15, 0.2) is 35.7 Å². The summed E-state index contributed by atoms with van der Waals surface area (Å²) in [6.45, 7) is 1.96. The summed E-state index contributed by atoms with van der Waals surface area (Å²) in [5.74, 6) is 0. The van der Waals surface area contributed by atoms with Crippen LogP contribution in [0, 0.1) is 6.92 Å². The van der Waals surface area contributed by atoms with Crippen molar-refractivity contribution in [2.75, 3.05) is 0 Å². The van der Waals surface area contributed by atoms with E-state index in [4.69, 9.17) is 11.6 Å². The average molecular weight is 239 g/mol. The summed E-state index contributed by atoms with van der Waals surface area (Å²) in [5.41, 5.74) is 1.94. The van der Waals surface area contributed by atoms with Crippen molar-refractivity contribution >= 4 is 22.9 Å². The summed E-state index contributed by atoms with van der Waals surface area (Å²) in [6, 6.07) is 9.42. The monoisotopic (exact) mass is 238 g/mol. The molecule has 78 valence electrons. The number of hydrogen-bond donors (Lipinski definition) is 1. The number of aliphatic hydroxyl groups is 1. The predicted octanol–water partition coefficient (Wildman–Crippen LogP) is 3.79. The third-order valence-corrected chi connectivity index (χ3v) is 3.50. The Hall–Kier alpha value is -0.830. The number of hydrogen-bond acceptors (Lipinski definition) is 2. The van der Waals surface area contributed by atoms with Gasteiger partial charge in [0.15, 0.2) is 0 Å². The van der Waals surface area contributed by atoms with Crippen LogP contribution in [0.5, 0.6) is 0 Å². The van der Waals surface area contributed by atoms with Crippen LogP contribution in [-0.4, -0.2) is 5.11 Å². The van der Waals surface area contributed by atoms with Crippen LogP contribution in [0.4, 0.5) is 0 Å². The maximum atomic E-state index is 10.1. The van der Waals surface area contributed by atoms with Crippen molar-refractivity contribution in [2.45, 2.75) is 13.0 Å². The summed E-state index contributed by atoms with van der Waals surface area (Å²) < 4.78 is 0. The van der Waals surface area contributed by atoms with Gasteiger partial charge in [-0.3, -0.25) is 0 Å². The number of rotatable bonds is 2. The molecule has 0 amide bonds. The summed E-state index contributed by atoms with van der Waals surface area (Å²) in [6.07, 6.45) is -0.540. The molecule has 1 heterocycles. The topological polar surface area (TPSA) is 20.2 Å². The van der Waals surface area contributed by atoms with E-state index in [1.807, 2.05) is 36.6 Å². The zero-order valence-electron chi connectivity index (χ0n) is 8.27. The fraction of sp³-hybridized carbons (Fsp3) is 0.167. The van der Waals surface area contributed by atoms with Gasteiger partial charge in [0.25, 0.3) is 0 Å². The van der Waals surface area contributed by atoms with Crippen molar-refractivity contribution in [1.29, 1.82) is 0 Å². The molecular weight excluding hydrogens is 228 g/mol. The largest absolute Gasteiger partial charge is 0.383 e. The second-order valence-electron chi connectivity index (χ2n) is 3.42. The Kier molecular flexibility index (Phi) is 3.10. The zero-order valence-corrected chi connectivity index (χ0v) is 9.85. The molecule has 2 aromatic rings. The van der Waals surface area contributed by atoms with E-state index in [1.54, 1.807) is 17.4 Å². The lowest BCUT2D eigenvalue weighted by Crippen LogP contribution is -1.99. The molecular formula is C12H11ClOS. The Labute approximate surface area is 98.0 Å². The highest BCUT2D eigenvalue weighted by molar-refractivity contribution is 7.10. The third-order valence-electron chi connectivity index (χ3n) is 2.34. The lowest BCUT2D eigenvalue weighted by Gasteiger charge is -2.12. The Morgan fingerprint density at radius 2 is 2.13 bits per heavy atom. The van der Waals surface area contributed by atoms with E-state index in [0.717, 1.165) is 16.0 Å². The molecule has 0 aliphatic carbocycles. The first-order valence-electron chi connectivity index (χ1n) is 4.66. The van der Waals surface area contributed by atoms with E-state index in [9.17, 15) is 5.11 Å². The van der Waals surface area contributed by atoms with Crippen molar-refractivity contribution < 1.29 is 5.11 Å². The molecule has 0 fully saturated rings. The van der Waals surface area contributed by atoms with E-state index in [1.165, 1.54) is 0 Å². The van der Waals surface area contributed by atoms with Crippen LogP contribution in [0.2, 0.25) is 5.02 Å². The molecule has 15 heavy (non-hydrogen) atoms. The quantitative estimate of drug-likeness (QED) is 0.844. The molecule has 0 saturated carbocycles. The summed E-state index contributed by atoms with van der Waals surface area (Å²) in [7, 11) is 0. The van der Waals surface area contributed by atoms with Gasteiger partial charge in [0, 0.05) is 9.90 Å². The van der Waals surface area contributed by atoms with Gasteiger partial charge < -0.3 is 5.11 Å². The highest BCUT2D eigenvalue weighted by atomic mass is 35.5. The van der Waals surface area contributed by atoms with Crippen LogP contribution in [-0.2, 0) is 0 Å². The first-order valence-corrected chi connectivity index (χ1v) is 5.92. The second-order valence-corrected chi connectivity index (χ2v) is 4.83. The molecule has 2 rings (SSSR count). The van der Waals surface area contributed by atoms with Crippen molar-refractivity contribution in [2.24, 2.45) is 0 Å². The van der Waals surface area contributed by atoms with Crippen molar-refractivity contribution in [3.8, 4) is 0 Å². The molecule has 1 aromatic carbocycles. The number of benzene rings is 1. The van der Waals surface area contributed by atoms with Crippen LogP contribution in [0.3, 0.4) is 0 Å². The maximum Gasteiger partial charge on any atom is 0.113 e. The van der Waals surface area contributed by atoms with Crippen LogP contribution < -0.4 is 0 Å². The highest BCUT2D eigenvalue weighted by Gasteiger charge is 2.13. The number of aliphatic hydroxyl groups excluding tert-OH is 1. The predicted molar refractivity (Wildman–Crippen MR) is 64.6 cm³/mol. The van der Waals surface area contributed by atoms with Gasteiger partial charge in [0.1, 0.15) is 6.10 Å². The smallest absolute Gasteiger partial charge is 0.113 e. The van der Waals surface area contributed by atoms with Gasteiger partial charge in [-0.25, -0.2) is 0 Å². The zero-order chi connectivity index (χ0) is 10.8. The van der Waals surface area contributed by atoms with E-state index in [-0.39, 0.29) is 0 Å². The van der Waals surface area contributed by atoms with E-state index < -0.39 is 6.10 Å². The first kappa shape index (κ1) is 10.7. The fourth-order valence-corrected chi connectivity index (χ4v) is 2.50. The Bertz CT molecular complexity index is 451. The molecule has 0 aliphatic heterocycles. The minimum atomic E-state index is -0.540. The van der Waals surface area contributed by atoms with Gasteiger partial charge in [-0.1, -0.05) is 23.7 Å². The van der Waals surface area contributed by atoms with Crippen molar-refractivity contribution in [3.05, 3.63) is 56.7 Å². The summed E-state index contributed by atoms with van der Waals surface area (Å²) >= 11 is 7.42. The van der Waals surface area contributed by atoms with Gasteiger partial charge in [0.05, 0.1) is 0 Å². The molecule has 0 bridgehead atoms. The third kappa shape index (κ3) is 2.23. The maximum absolute atomic E-state index is 10.1. The summed E-state index contributed by atoms with van der Waals surface area (Å²) in [5, 5.41) is 12.8. The first-order chi connectivity index (χ1) is 7.18. The van der Waals surface area contributed by atoms with Gasteiger partial charge in [-0.05, 0) is 41.6 Å².